The number of carbonyl (C=O) groups excluding carboxylic acids is 1. The van der Waals surface area contributed by atoms with Crippen LogP contribution in [0, 0.1) is 5.92 Å². The number of hydrogen-bond acceptors (Lipinski definition) is 2. The third-order valence-corrected chi connectivity index (χ3v) is 3.60. The van der Waals surface area contributed by atoms with Gasteiger partial charge in [-0.2, -0.15) is 5.10 Å². The molecule has 0 saturated heterocycles. The first-order valence-corrected chi connectivity index (χ1v) is 6.72. The van der Waals surface area contributed by atoms with Crippen LogP contribution in [0.5, 0.6) is 0 Å². The smallest absolute Gasteiger partial charge is 0.243 e. The maximum Gasteiger partial charge on any atom is 0.243 e. The van der Waals surface area contributed by atoms with Crippen molar-refractivity contribution in [2.24, 2.45) is 11.0 Å². The van der Waals surface area contributed by atoms with Crippen molar-refractivity contribution in [1.29, 1.82) is 0 Å². The largest absolute Gasteiger partial charge is 0.273 e. The zero-order valence-corrected chi connectivity index (χ0v) is 11.0. The molecule has 0 aromatic heterocycles. The highest BCUT2D eigenvalue weighted by Gasteiger charge is 2.20. The van der Waals surface area contributed by atoms with Crippen LogP contribution in [0.2, 0.25) is 5.02 Å². The van der Waals surface area contributed by atoms with E-state index in [4.69, 9.17) is 11.6 Å². The van der Waals surface area contributed by atoms with Gasteiger partial charge in [0.1, 0.15) is 0 Å². The third-order valence-electron chi connectivity index (χ3n) is 3.26. The number of amides is 1. The van der Waals surface area contributed by atoms with Crippen LogP contribution >= 0.6 is 11.6 Å². The average Bonchev–Trinajstić information content (AvgIpc) is 2.42. The quantitative estimate of drug-likeness (QED) is 0.660. The first kappa shape index (κ1) is 13.1. The lowest BCUT2D eigenvalue weighted by Gasteiger charge is -2.19. The molecular weight excluding hydrogens is 248 g/mol. The molecule has 3 nitrogen and oxygen atoms in total. The predicted octanol–water partition coefficient (Wildman–Crippen LogP) is 3.37. The molecule has 0 spiro atoms. The second-order valence-electron chi connectivity index (χ2n) is 4.59. The van der Waals surface area contributed by atoms with Gasteiger partial charge in [-0.25, -0.2) is 5.43 Å². The fourth-order valence-corrected chi connectivity index (χ4v) is 2.39. The summed E-state index contributed by atoms with van der Waals surface area (Å²) in [6.07, 6.45) is 7.08. The van der Waals surface area contributed by atoms with Crippen LogP contribution in [0.4, 0.5) is 0 Å². The highest BCUT2D eigenvalue weighted by atomic mass is 35.5. The van der Waals surface area contributed by atoms with Gasteiger partial charge in [-0.1, -0.05) is 49.1 Å². The zero-order valence-electron chi connectivity index (χ0n) is 10.2. The van der Waals surface area contributed by atoms with E-state index in [0.29, 0.717) is 5.02 Å². The molecule has 1 aliphatic carbocycles. The maximum atomic E-state index is 11.8. The van der Waals surface area contributed by atoms with Crippen LogP contribution in [0.3, 0.4) is 0 Å². The van der Waals surface area contributed by atoms with Crippen molar-refractivity contribution in [3.05, 3.63) is 34.9 Å². The maximum absolute atomic E-state index is 11.8. The van der Waals surface area contributed by atoms with E-state index in [1.54, 1.807) is 12.3 Å². The van der Waals surface area contributed by atoms with Gasteiger partial charge in [-0.3, -0.25) is 4.79 Å². The summed E-state index contributed by atoms with van der Waals surface area (Å²) in [4.78, 5) is 11.8. The number of halogens is 1. The molecule has 0 bridgehead atoms. The Labute approximate surface area is 112 Å². The molecule has 2 rings (SSSR count). The Balaban J connectivity index is 1.87. The molecule has 0 radical (unpaired) electrons. The molecule has 1 N–H and O–H groups in total. The molecule has 0 heterocycles. The monoisotopic (exact) mass is 264 g/mol. The van der Waals surface area contributed by atoms with Gasteiger partial charge in [0.25, 0.3) is 0 Å². The molecule has 0 unspecified atom stereocenters. The van der Waals surface area contributed by atoms with Gasteiger partial charge in [-0.05, 0) is 18.9 Å². The molecular formula is C14H17ClN2O. The highest BCUT2D eigenvalue weighted by molar-refractivity contribution is 6.33. The first-order valence-electron chi connectivity index (χ1n) is 6.35. The third kappa shape index (κ3) is 3.57. The topological polar surface area (TPSA) is 41.5 Å². The van der Waals surface area contributed by atoms with Crippen molar-refractivity contribution >= 4 is 23.7 Å². The lowest BCUT2D eigenvalue weighted by molar-refractivity contribution is -0.125. The normalized spacial score (nSPS) is 16.9. The summed E-state index contributed by atoms with van der Waals surface area (Å²) in [6, 6.07) is 7.40. The lowest BCUT2D eigenvalue weighted by atomic mass is 9.89. The summed E-state index contributed by atoms with van der Waals surface area (Å²) in [7, 11) is 0. The molecule has 0 aliphatic heterocycles. The van der Waals surface area contributed by atoms with Gasteiger partial charge in [0.05, 0.1) is 6.21 Å². The molecule has 4 heteroatoms. The molecule has 0 atom stereocenters. The van der Waals surface area contributed by atoms with Gasteiger partial charge in [-0.15, -0.1) is 0 Å². The van der Waals surface area contributed by atoms with Crippen molar-refractivity contribution in [2.45, 2.75) is 32.1 Å². The van der Waals surface area contributed by atoms with Gasteiger partial charge in [0, 0.05) is 16.5 Å². The van der Waals surface area contributed by atoms with E-state index < -0.39 is 0 Å². The van der Waals surface area contributed by atoms with Crippen LogP contribution in [0.25, 0.3) is 0 Å². The van der Waals surface area contributed by atoms with E-state index in [1.807, 2.05) is 18.2 Å². The average molecular weight is 265 g/mol. The first-order chi connectivity index (χ1) is 8.77. The summed E-state index contributed by atoms with van der Waals surface area (Å²) in [5.41, 5.74) is 3.41. The Morgan fingerprint density at radius 2 is 2.00 bits per heavy atom. The van der Waals surface area contributed by atoms with Gasteiger partial charge in [0.15, 0.2) is 0 Å². The number of nitrogens with one attached hydrogen (secondary N) is 1. The molecule has 1 aromatic rings. The van der Waals surface area contributed by atoms with Crippen LogP contribution in [0.15, 0.2) is 29.4 Å². The minimum absolute atomic E-state index is 0.0259. The minimum atomic E-state index is 0.0259. The van der Waals surface area contributed by atoms with E-state index in [1.165, 1.54) is 6.42 Å². The Morgan fingerprint density at radius 1 is 1.28 bits per heavy atom. The predicted molar refractivity (Wildman–Crippen MR) is 73.8 cm³/mol. The van der Waals surface area contributed by atoms with Crippen molar-refractivity contribution in [3.63, 3.8) is 0 Å². The summed E-state index contributed by atoms with van der Waals surface area (Å²) in [5.74, 6) is 0.153. The Kier molecular flexibility index (Phi) is 4.76. The SMILES string of the molecule is O=C(N/N=C\c1ccccc1Cl)C1CCCCC1. The molecule has 1 aromatic carbocycles. The molecule has 1 saturated carbocycles. The van der Waals surface area contributed by atoms with E-state index in [9.17, 15) is 4.79 Å². The number of carbonyl (C=O) groups is 1. The van der Waals surface area contributed by atoms with Gasteiger partial charge in [0.2, 0.25) is 5.91 Å². The molecule has 18 heavy (non-hydrogen) atoms. The number of rotatable bonds is 3. The molecule has 1 amide bonds. The van der Waals surface area contributed by atoms with Crippen molar-refractivity contribution in [2.75, 3.05) is 0 Å². The van der Waals surface area contributed by atoms with Crippen LogP contribution in [-0.2, 0) is 4.79 Å². The molecule has 1 aliphatic rings. The van der Waals surface area contributed by atoms with Gasteiger partial charge < -0.3 is 0 Å². The van der Waals surface area contributed by atoms with E-state index in [-0.39, 0.29) is 11.8 Å². The highest BCUT2D eigenvalue weighted by Crippen LogP contribution is 2.23. The van der Waals surface area contributed by atoms with E-state index in [0.717, 1.165) is 31.2 Å². The van der Waals surface area contributed by atoms with Gasteiger partial charge >= 0.3 is 0 Å². The second kappa shape index (κ2) is 6.55. The number of hydrogen-bond donors (Lipinski definition) is 1. The minimum Gasteiger partial charge on any atom is -0.273 e. The Morgan fingerprint density at radius 3 is 2.72 bits per heavy atom. The molecule has 96 valence electrons. The fraction of sp³-hybridized carbons (Fsp3) is 0.429. The van der Waals surface area contributed by atoms with E-state index in [2.05, 4.69) is 10.5 Å². The summed E-state index contributed by atoms with van der Waals surface area (Å²) in [5, 5.41) is 4.60. The fourth-order valence-electron chi connectivity index (χ4n) is 2.20. The summed E-state index contributed by atoms with van der Waals surface area (Å²) in [6.45, 7) is 0. The Hall–Kier alpha value is -1.35. The Bertz CT molecular complexity index is 439. The molecule has 1 fully saturated rings. The second-order valence-corrected chi connectivity index (χ2v) is 5.00. The summed E-state index contributed by atoms with van der Waals surface area (Å²) < 4.78 is 0. The van der Waals surface area contributed by atoms with Crippen LogP contribution in [-0.4, -0.2) is 12.1 Å². The van der Waals surface area contributed by atoms with Crippen LogP contribution in [0.1, 0.15) is 37.7 Å². The number of nitrogens with zero attached hydrogens (tertiary/aromatic N) is 1. The van der Waals surface area contributed by atoms with Crippen molar-refractivity contribution < 1.29 is 4.79 Å². The zero-order chi connectivity index (χ0) is 12.8. The van der Waals surface area contributed by atoms with Crippen molar-refractivity contribution in [3.8, 4) is 0 Å². The summed E-state index contributed by atoms with van der Waals surface area (Å²) >= 11 is 5.98. The number of benzene rings is 1. The van der Waals surface area contributed by atoms with Crippen molar-refractivity contribution in [1.82, 2.24) is 5.43 Å². The standard InChI is InChI=1S/C14H17ClN2O/c15-13-9-5-4-8-12(13)10-16-17-14(18)11-6-2-1-3-7-11/h4-5,8-11H,1-3,6-7H2,(H,17,18)/b16-10-. The lowest BCUT2D eigenvalue weighted by Crippen LogP contribution is -2.28. The number of hydrazone groups is 1. The van der Waals surface area contributed by atoms with E-state index >= 15 is 0 Å². The van der Waals surface area contributed by atoms with Crippen LogP contribution < -0.4 is 5.43 Å².